The maximum atomic E-state index is 13.9. The van der Waals surface area contributed by atoms with Gasteiger partial charge in [0.1, 0.15) is 22.8 Å². The molecule has 0 bridgehead atoms. The molecule has 1 amide bonds. The Labute approximate surface area is 237 Å². The first kappa shape index (κ1) is 30.0. The number of nitrogens with two attached hydrogens (primary N) is 1. The lowest BCUT2D eigenvalue weighted by atomic mass is 9.57. The molecule has 220 valence electrons. The number of amides is 1. The number of aliphatic hydroxyl groups excluding tert-OH is 2. The van der Waals surface area contributed by atoms with Crippen molar-refractivity contribution >= 4 is 35.3 Å². The number of Topliss-reactive ketones (excluding diaryl/α,β-unsaturated/α-hetero) is 2. The van der Waals surface area contributed by atoms with Crippen LogP contribution in [0.4, 0.5) is 0 Å². The third-order valence-electron chi connectivity index (χ3n) is 8.03. The predicted octanol–water partition coefficient (Wildman–Crippen LogP) is 0.472. The summed E-state index contributed by atoms with van der Waals surface area (Å²) in [6.07, 6.45) is 3.47. The van der Waals surface area contributed by atoms with Gasteiger partial charge in [-0.3, -0.25) is 19.3 Å². The number of hydrogen-bond donors (Lipinski definition) is 5. The molecule has 6 N–H and O–H groups in total. The lowest BCUT2D eigenvalue weighted by molar-refractivity contribution is -0.153. The van der Waals surface area contributed by atoms with Crippen LogP contribution >= 0.6 is 0 Å². The third-order valence-corrected chi connectivity index (χ3v) is 8.03. The minimum Gasteiger partial charge on any atom is -0.508 e. The predicted molar refractivity (Wildman–Crippen MR) is 147 cm³/mol. The molecule has 0 saturated heterocycles. The molecule has 3 aliphatic carbocycles. The van der Waals surface area contributed by atoms with Crippen LogP contribution in [0.15, 0.2) is 35.1 Å². The molecule has 0 aromatic heterocycles. The molecule has 0 radical (unpaired) electrons. The quantitative estimate of drug-likeness (QED) is 0.127. The van der Waals surface area contributed by atoms with Gasteiger partial charge in [-0.15, -0.1) is 0 Å². The molecule has 0 aliphatic heterocycles. The molecular weight excluding hydrogens is 534 g/mol. The summed E-state index contributed by atoms with van der Waals surface area (Å²) in [5.74, 6) is -7.73. The number of fused-ring (bicyclic) bond motifs is 3. The number of aliphatic hydroxyl groups is 3. The summed E-state index contributed by atoms with van der Waals surface area (Å²) in [7, 11) is 6.90. The first-order chi connectivity index (χ1) is 19.2. The second kappa shape index (κ2) is 11.1. The summed E-state index contributed by atoms with van der Waals surface area (Å²) in [6.45, 7) is 0.991. The number of esters is 1. The van der Waals surface area contributed by atoms with Crippen LogP contribution in [-0.2, 0) is 30.3 Å². The Balaban J connectivity index is 1.75. The normalized spacial score (nSPS) is 26.0. The van der Waals surface area contributed by atoms with E-state index >= 15 is 0 Å². The second-order valence-corrected chi connectivity index (χ2v) is 11.1. The number of ether oxygens (including phenoxy) is 1. The van der Waals surface area contributed by atoms with Gasteiger partial charge < -0.3 is 35.8 Å². The first-order valence-electron chi connectivity index (χ1n) is 13.2. The average Bonchev–Trinajstić information content (AvgIpc) is 2.87. The highest BCUT2D eigenvalue weighted by Crippen LogP contribution is 2.53. The standard InChI is InChI=1S/C29H35N3O9/c1-31(2)10-5-11-41-19(34)9-7-14-6-8-18(33)21-16(14)12-15-13-17-23(32(3)4)25(36)22(28(30)39)27(38)29(17,40)26(37)20(15)24(21)35/h6-9,15,17,23,33,35,38,40H,5,10-13H2,1-4H3,(H2,30,39)/b9-7+/t15-,17-,23-,29-/m1/s1. The van der Waals surface area contributed by atoms with Gasteiger partial charge in [0.2, 0.25) is 5.78 Å². The van der Waals surface area contributed by atoms with Crippen molar-refractivity contribution in [2.24, 2.45) is 17.6 Å². The van der Waals surface area contributed by atoms with Crippen molar-refractivity contribution in [3.8, 4) is 5.75 Å². The van der Waals surface area contributed by atoms with E-state index in [1.54, 1.807) is 6.07 Å². The summed E-state index contributed by atoms with van der Waals surface area (Å²) in [4.78, 5) is 54.8. The number of phenols is 1. The van der Waals surface area contributed by atoms with Crippen LogP contribution in [0.3, 0.4) is 0 Å². The highest BCUT2D eigenvalue weighted by molar-refractivity contribution is 6.24. The zero-order chi connectivity index (χ0) is 30.4. The van der Waals surface area contributed by atoms with Crippen LogP contribution in [0.25, 0.3) is 11.8 Å². The van der Waals surface area contributed by atoms with Crippen molar-refractivity contribution in [2.75, 3.05) is 41.3 Å². The van der Waals surface area contributed by atoms with E-state index in [0.717, 1.165) is 6.54 Å². The van der Waals surface area contributed by atoms with Gasteiger partial charge in [-0.05, 0) is 76.6 Å². The Morgan fingerprint density at radius 1 is 1.15 bits per heavy atom. The summed E-state index contributed by atoms with van der Waals surface area (Å²) < 4.78 is 5.22. The summed E-state index contributed by atoms with van der Waals surface area (Å²) in [5, 5.41) is 44.5. The monoisotopic (exact) mass is 569 g/mol. The van der Waals surface area contributed by atoms with E-state index < -0.39 is 64.0 Å². The van der Waals surface area contributed by atoms with Crippen molar-refractivity contribution < 1.29 is 44.3 Å². The van der Waals surface area contributed by atoms with Crippen LogP contribution in [0.1, 0.15) is 29.5 Å². The highest BCUT2D eigenvalue weighted by atomic mass is 16.5. The number of primary amides is 1. The maximum absolute atomic E-state index is 13.9. The van der Waals surface area contributed by atoms with Crippen LogP contribution in [-0.4, -0.2) is 107 Å². The van der Waals surface area contributed by atoms with Crippen molar-refractivity contribution in [1.82, 2.24) is 9.80 Å². The summed E-state index contributed by atoms with van der Waals surface area (Å²) in [6, 6.07) is 1.69. The van der Waals surface area contributed by atoms with E-state index in [0.29, 0.717) is 17.5 Å². The molecule has 3 aliphatic rings. The molecule has 12 nitrogen and oxygen atoms in total. The number of carbonyl (C=O) groups is 4. The van der Waals surface area contributed by atoms with Gasteiger partial charge in [0, 0.05) is 24.1 Å². The molecule has 0 spiro atoms. The Kier molecular flexibility index (Phi) is 8.12. The Bertz CT molecular complexity index is 1410. The van der Waals surface area contributed by atoms with Crippen molar-refractivity contribution in [1.29, 1.82) is 0 Å². The van der Waals surface area contributed by atoms with Gasteiger partial charge in [0.15, 0.2) is 11.4 Å². The number of ketones is 2. The van der Waals surface area contributed by atoms with E-state index in [-0.39, 0.29) is 36.3 Å². The lowest BCUT2D eigenvalue weighted by Gasteiger charge is -2.50. The van der Waals surface area contributed by atoms with Crippen molar-refractivity contribution in [3.63, 3.8) is 0 Å². The average molecular weight is 570 g/mol. The number of rotatable bonds is 8. The summed E-state index contributed by atoms with van der Waals surface area (Å²) in [5.41, 5.74) is 2.42. The van der Waals surface area contributed by atoms with Crippen LogP contribution in [0.5, 0.6) is 5.75 Å². The zero-order valence-corrected chi connectivity index (χ0v) is 23.4. The fourth-order valence-corrected chi connectivity index (χ4v) is 6.18. The molecule has 1 aromatic carbocycles. The topological polar surface area (TPSA) is 191 Å². The van der Waals surface area contributed by atoms with E-state index in [2.05, 4.69) is 0 Å². The van der Waals surface area contributed by atoms with E-state index in [9.17, 15) is 39.6 Å². The lowest BCUT2D eigenvalue weighted by Crippen LogP contribution is -2.65. The fourth-order valence-electron chi connectivity index (χ4n) is 6.18. The minimum atomic E-state index is -2.70. The summed E-state index contributed by atoms with van der Waals surface area (Å²) >= 11 is 0. The SMILES string of the molecule is CN(C)CCCOC(=O)/C=C/c1ccc(O)c2c1C[C@@H]1C[C@@H]3[C@@H](N(C)C)C(=O)C(C(N)=O)=C(O)[C@]3(O)C(=O)C1=C2O. The van der Waals surface area contributed by atoms with E-state index in [1.165, 1.54) is 37.2 Å². The van der Waals surface area contributed by atoms with Crippen LogP contribution in [0.2, 0.25) is 0 Å². The molecule has 1 fully saturated rings. The van der Waals surface area contributed by atoms with Gasteiger partial charge in [0.25, 0.3) is 5.91 Å². The largest absolute Gasteiger partial charge is 0.508 e. The van der Waals surface area contributed by atoms with Gasteiger partial charge in [0.05, 0.1) is 18.2 Å². The molecule has 4 atom stereocenters. The van der Waals surface area contributed by atoms with Gasteiger partial charge in [-0.1, -0.05) is 6.07 Å². The number of benzene rings is 1. The van der Waals surface area contributed by atoms with Crippen molar-refractivity contribution in [3.05, 3.63) is 51.8 Å². The molecule has 12 heteroatoms. The van der Waals surface area contributed by atoms with Gasteiger partial charge in [-0.2, -0.15) is 0 Å². The minimum absolute atomic E-state index is 0.0293. The number of carbonyl (C=O) groups excluding carboxylic acids is 4. The molecule has 1 saturated carbocycles. The Morgan fingerprint density at radius 3 is 2.44 bits per heavy atom. The first-order valence-corrected chi connectivity index (χ1v) is 13.2. The second-order valence-electron chi connectivity index (χ2n) is 11.1. The molecular formula is C29H35N3O9. The highest BCUT2D eigenvalue weighted by Gasteiger charge is 2.64. The Hall–Kier alpha value is -4.00. The number of phenolic OH excluding ortho intramolecular Hbond substituents is 1. The molecule has 4 rings (SSSR count). The molecule has 1 aromatic rings. The van der Waals surface area contributed by atoms with E-state index in [1.807, 2.05) is 19.0 Å². The molecule has 41 heavy (non-hydrogen) atoms. The van der Waals surface area contributed by atoms with Gasteiger partial charge >= 0.3 is 5.97 Å². The number of hydrogen-bond acceptors (Lipinski definition) is 11. The fraction of sp³-hybridized carbons (Fsp3) is 0.448. The van der Waals surface area contributed by atoms with E-state index in [4.69, 9.17) is 10.5 Å². The number of nitrogens with zero attached hydrogens (tertiary/aromatic N) is 2. The molecule has 0 unspecified atom stereocenters. The number of likely N-dealkylation sites (N-methyl/N-ethyl adjacent to an activating group) is 1. The van der Waals surface area contributed by atoms with Crippen molar-refractivity contribution in [2.45, 2.75) is 30.9 Å². The molecule has 0 heterocycles. The van der Waals surface area contributed by atoms with Crippen LogP contribution in [0, 0.1) is 11.8 Å². The smallest absolute Gasteiger partial charge is 0.330 e. The Morgan fingerprint density at radius 2 is 1.83 bits per heavy atom. The van der Waals surface area contributed by atoms with Gasteiger partial charge in [-0.25, -0.2) is 4.79 Å². The number of aromatic hydroxyl groups is 1. The maximum Gasteiger partial charge on any atom is 0.330 e. The van der Waals surface area contributed by atoms with Crippen LogP contribution < -0.4 is 5.73 Å². The zero-order valence-electron chi connectivity index (χ0n) is 23.4. The third kappa shape index (κ3) is 5.03.